The summed E-state index contributed by atoms with van der Waals surface area (Å²) in [5.41, 5.74) is 0.197. The molecule has 0 fully saturated rings. The van der Waals surface area contributed by atoms with Crippen molar-refractivity contribution < 1.29 is 18.3 Å². The molecule has 0 aliphatic rings. The van der Waals surface area contributed by atoms with Crippen molar-refractivity contribution >= 4 is 39.0 Å². The summed E-state index contributed by atoms with van der Waals surface area (Å²) in [6.45, 7) is 0. The summed E-state index contributed by atoms with van der Waals surface area (Å²) in [7, 11) is -3.75. The minimum absolute atomic E-state index is 0.0848. The number of aromatic carboxylic acids is 1. The highest BCUT2D eigenvalue weighted by Crippen LogP contribution is 2.28. The van der Waals surface area contributed by atoms with E-state index in [4.69, 9.17) is 28.3 Å². The Morgan fingerprint density at radius 1 is 1.05 bits per heavy atom. The van der Waals surface area contributed by atoms with Gasteiger partial charge in [-0.2, -0.15) is 0 Å². The number of sulfone groups is 1. The van der Waals surface area contributed by atoms with Gasteiger partial charge in [0.2, 0.25) is 0 Å². The SMILES string of the molecule is O=C(O)c1cccc(S(=O)(=O)Cc2c(Cl)cccc2Cl)c1. The van der Waals surface area contributed by atoms with E-state index in [0.717, 1.165) is 6.07 Å². The molecule has 0 saturated heterocycles. The molecule has 21 heavy (non-hydrogen) atoms. The Balaban J connectivity index is 2.44. The van der Waals surface area contributed by atoms with Crippen LogP contribution in [0.15, 0.2) is 47.4 Å². The molecule has 2 rings (SSSR count). The second-order valence-corrected chi connectivity index (χ2v) is 7.10. The number of hydrogen-bond acceptors (Lipinski definition) is 3. The van der Waals surface area contributed by atoms with Crippen molar-refractivity contribution in [2.45, 2.75) is 10.6 Å². The quantitative estimate of drug-likeness (QED) is 0.918. The van der Waals surface area contributed by atoms with E-state index in [2.05, 4.69) is 0 Å². The molecule has 0 heterocycles. The molecule has 4 nitrogen and oxygen atoms in total. The predicted octanol–water partition coefficient (Wildman–Crippen LogP) is 3.67. The van der Waals surface area contributed by atoms with Gasteiger partial charge in [0.25, 0.3) is 0 Å². The topological polar surface area (TPSA) is 71.4 Å². The molecular formula is C14H10Cl2O4S. The fourth-order valence-electron chi connectivity index (χ4n) is 1.77. The van der Waals surface area contributed by atoms with Gasteiger partial charge in [-0.05, 0) is 30.3 Å². The summed E-state index contributed by atoms with van der Waals surface area (Å²) in [4.78, 5) is 10.8. The average Bonchev–Trinajstić information content (AvgIpc) is 2.43. The highest BCUT2D eigenvalue weighted by molar-refractivity contribution is 7.90. The van der Waals surface area contributed by atoms with Crippen LogP contribution >= 0.6 is 23.2 Å². The number of carbonyl (C=O) groups is 1. The molecule has 0 aromatic heterocycles. The maximum atomic E-state index is 12.4. The molecule has 0 bridgehead atoms. The summed E-state index contributed by atoms with van der Waals surface area (Å²) in [6.07, 6.45) is 0. The zero-order chi connectivity index (χ0) is 15.6. The van der Waals surface area contributed by atoms with E-state index in [1.54, 1.807) is 18.2 Å². The first-order valence-corrected chi connectivity index (χ1v) is 8.21. The van der Waals surface area contributed by atoms with Crippen LogP contribution in [0.2, 0.25) is 10.0 Å². The van der Waals surface area contributed by atoms with E-state index >= 15 is 0 Å². The van der Waals surface area contributed by atoms with Crippen LogP contribution in [0.1, 0.15) is 15.9 Å². The van der Waals surface area contributed by atoms with Gasteiger partial charge >= 0.3 is 5.97 Å². The monoisotopic (exact) mass is 344 g/mol. The predicted molar refractivity (Wildman–Crippen MR) is 80.8 cm³/mol. The third-order valence-electron chi connectivity index (χ3n) is 2.84. The van der Waals surface area contributed by atoms with Gasteiger partial charge in [0.05, 0.1) is 16.2 Å². The molecular weight excluding hydrogens is 335 g/mol. The Kier molecular flexibility index (Phi) is 4.56. The lowest BCUT2D eigenvalue weighted by Gasteiger charge is -2.09. The minimum atomic E-state index is -3.75. The Morgan fingerprint density at radius 3 is 2.19 bits per heavy atom. The number of carboxylic acids is 1. The molecule has 0 saturated carbocycles. The average molecular weight is 345 g/mol. The number of halogens is 2. The smallest absolute Gasteiger partial charge is 0.335 e. The first-order chi connectivity index (χ1) is 9.81. The lowest BCUT2D eigenvalue weighted by atomic mass is 10.2. The number of carboxylic acid groups (broad SMARTS) is 1. The molecule has 2 aromatic carbocycles. The molecule has 7 heteroatoms. The van der Waals surface area contributed by atoms with Crippen LogP contribution in [0.4, 0.5) is 0 Å². The van der Waals surface area contributed by atoms with E-state index in [-0.39, 0.29) is 20.5 Å². The van der Waals surface area contributed by atoms with Gasteiger partial charge in [0.15, 0.2) is 9.84 Å². The minimum Gasteiger partial charge on any atom is -0.478 e. The molecule has 0 aliphatic carbocycles. The highest BCUT2D eigenvalue weighted by Gasteiger charge is 2.20. The van der Waals surface area contributed by atoms with E-state index in [1.807, 2.05) is 0 Å². The molecule has 0 unspecified atom stereocenters. The van der Waals surface area contributed by atoms with Gasteiger partial charge in [-0.25, -0.2) is 13.2 Å². The molecule has 0 spiro atoms. The van der Waals surface area contributed by atoms with Crippen LogP contribution in [0, 0.1) is 0 Å². The highest BCUT2D eigenvalue weighted by atomic mass is 35.5. The van der Waals surface area contributed by atoms with Gasteiger partial charge in [0.1, 0.15) is 0 Å². The van der Waals surface area contributed by atoms with Gasteiger partial charge in [-0.15, -0.1) is 0 Å². The normalized spacial score (nSPS) is 11.3. The fraction of sp³-hybridized carbons (Fsp3) is 0.0714. The van der Waals surface area contributed by atoms with Crippen LogP contribution < -0.4 is 0 Å². The van der Waals surface area contributed by atoms with Crippen molar-refractivity contribution in [1.29, 1.82) is 0 Å². The maximum Gasteiger partial charge on any atom is 0.335 e. The summed E-state index contributed by atoms with van der Waals surface area (Å²) >= 11 is 11.9. The lowest BCUT2D eigenvalue weighted by Crippen LogP contribution is -2.07. The Labute approximate surface area is 131 Å². The number of hydrogen-bond donors (Lipinski definition) is 1. The van der Waals surface area contributed by atoms with E-state index < -0.39 is 21.6 Å². The van der Waals surface area contributed by atoms with Crippen LogP contribution in [0.25, 0.3) is 0 Å². The van der Waals surface area contributed by atoms with Gasteiger partial charge in [-0.3, -0.25) is 0 Å². The van der Waals surface area contributed by atoms with E-state index in [0.29, 0.717) is 5.56 Å². The summed E-state index contributed by atoms with van der Waals surface area (Å²) < 4.78 is 24.7. The van der Waals surface area contributed by atoms with Crippen molar-refractivity contribution in [2.24, 2.45) is 0 Å². The standard InChI is InChI=1S/C14H10Cl2O4S/c15-12-5-2-6-13(16)11(12)8-21(19,20)10-4-1-3-9(7-10)14(17)18/h1-7H,8H2,(H,17,18). The Morgan fingerprint density at radius 2 is 1.62 bits per heavy atom. The second kappa shape index (κ2) is 6.05. The van der Waals surface area contributed by atoms with Crippen molar-refractivity contribution in [3.63, 3.8) is 0 Å². The third kappa shape index (κ3) is 3.56. The van der Waals surface area contributed by atoms with Gasteiger partial charge in [-0.1, -0.05) is 35.3 Å². The van der Waals surface area contributed by atoms with Crippen LogP contribution in [0.3, 0.4) is 0 Å². The molecule has 0 aliphatic heterocycles. The van der Waals surface area contributed by atoms with Crippen LogP contribution in [-0.4, -0.2) is 19.5 Å². The summed E-state index contributed by atoms with van der Waals surface area (Å²) in [5, 5.41) is 9.42. The van der Waals surface area contributed by atoms with Crippen LogP contribution in [-0.2, 0) is 15.6 Å². The molecule has 1 N–H and O–H groups in total. The van der Waals surface area contributed by atoms with Crippen molar-refractivity contribution in [1.82, 2.24) is 0 Å². The lowest BCUT2D eigenvalue weighted by molar-refractivity contribution is 0.0696. The fourth-order valence-corrected chi connectivity index (χ4v) is 3.91. The first-order valence-electron chi connectivity index (χ1n) is 5.80. The zero-order valence-electron chi connectivity index (χ0n) is 10.6. The van der Waals surface area contributed by atoms with Crippen molar-refractivity contribution in [3.8, 4) is 0 Å². The number of benzene rings is 2. The largest absolute Gasteiger partial charge is 0.478 e. The van der Waals surface area contributed by atoms with E-state index in [1.165, 1.54) is 18.2 Å². The molecule has 0 amide bonds. The zero-order valence-corrected chi connectivity index (χ0v) is 12.9. The molecule has 0 radical (unpaired) electrons. The molecule has 2 aromatic rings. The third-order valence-corrected chi connectivity index (χ3v) is 5.19. The van der Waals surface area contributed by atoms with Crippen molar-refractivity contribution in [3.05, 3.63) is 63.6 Å². The summed E-state index contributed by atoms with van der Waals surface area (Å²) in [6, 6.07) is 9.87. The van der Waals surface area contributed by atoms with E-state index in [9.17, 15) is 13.2 Å². The number of rotatable bonds is 4. The Bertz CT molecular complexity index is 780. The summed E-state index contributed by atoms with van der Waals surface area (Å²) in [5.74, 6) is -1.59. The first kappa shape index (κ1) is 15.8. The van der Waals surface area contributed by atoms with Gasteiger partial charge < -0.3 is 5.11 Å². The second-order valence-electron chi connectivity index (χ2n) is 4.29. The molecule has 110 valence electrons. The van der Waals surface area contributed by atoms with Crippen LogP contribution in [0.5, 0.6) is 0 Å². The Hall–Kier alpha value is -1.56. The van der Waals surface area contributed by atoms with Crippen molar-refractivity contribution in [2.75, 3.05) is 0 Å². The maximum absolute atomic E-state index is 12.4. The van der Waals surface area contributed by atoms with Gasteiger partial charge in [0, 0.05) is 15.6 Å². The molecule has 0 atom stereocenters.